The van der Waals surface area contributed by atoms with E-state index in [1.807, 2.05) is 0 Å². The lowest BCUT2D eigenvalue weighted by Crippen LogP contribution is -2.23. The van der Waals surface area contributed by atoms with Gasteiger partial charge in [0, 0.05) is 6.07 Å². The highest BCUT2D eigenvalue weighted by atomic mass is 19.4. The molecule has 1 rings (SSSR count). The van der Waals surface area contributed by atoms with Gasteiger partial charge in [0.05, 0.1) is 5.56 Å². The van der Waals surface area contributed by atoms with Crippen molar-refractivity contribution in [3.63, 3.8) is 0 Å². The van der Waals surface area contributed by atoms with E-state index in [1.165, 1.54) is 0 Å². The number of phenolic OH excluding ortho intramolecular Hbond substituents is 2. The smallest absolute Gasteiger partial charge is 0.455 e. The average molecular weight is 304 g/mol. The zero-order valence-electron chi connectivity index (χ0n) is 11.8. The lowest BCUT2D eigenvalue weighted by atomic mass is 10.00. The Morgan fingerprint density at radius 2 is 1.67 bits per heavy atom. The molecule has 0 atom stereocenters. The number of carbonyl (C=O) groups is 1. The molecule has 1 aromatic carbocycles. The molecule has 2 N–H and O–H groups in total. The molecule has 0 aromatic heterocycles. The summed E-state index contributed by atoms with van der Waals surface area (Å²) in [5.41, 5.74) is -0.569. The number of alkyl halides is 3. The number of halogens is 3. The fraction of sp³-hybridized carbons (Fsp3) is 0.533. The number of hydrogen-bond donors (Lipinski definition) is 2. The van der Waals surface area contributed by atoms with E-state index in [-0.39, 0.29) is 11.3 Å². The first kappa shape index (κ1) is 17.3. The van der Waals surface area contributed by atoms with E-state index in [4.69, 9.17) is 0 Å². The predicted molar refractivity (Wildman–Crippen MR) is 72.6 cm³/mol. The Morgan fingerprint density at radius 3 is 2.24 bits per heavy atom. The molecule has 0 aliphatic carbocycles. The van der Waals surface area contributed by atoms with Gasteiger partial charge in [-0.05, 0) is 24.5 Å². The number of carbonyl (C=O) groups excluding carboxylic acids is 1. The number of aryl methyl sites for hydroxylation is 1. The molecule has 118 valence electrons. The largest absolute Gasteiger partial charge is 0.508 e. The maximum absolute atomic E-state index is 12.4. The van der Waals surface area contributed by atoms with Gasteiger partial charge in [-0.25, -0.2) is 0 Å². The van der Waals surface area contributed by atoms with Crippen LogP contribution < -0.4 is 0 Å². The second-order valence-electron chi connectivity index (χ2n) is 4.99. The molecule has 3 nitrogen and oxygen atoms in total. The van der Waals surface area contributed by atoms with Gasteiger partial charge < -0.3 is 10.2 Å². The van der Waals surface area contributed by atoms with Crippen molar-refractivity contribution in [3.8, 4) is 11.5 Å². The fourth-order valence-electron chi connectivity index (χ4n) is 2.08. The van der Waals surface area contributed by atoms with E-state index >= 15 is 0 Å². The number of unbranched alkanes of at least 4 members (excludes halogenated alkanes) is 4. The molecule has 21 heavy (non-hydrogen) atoms. The molecule has 6 heteroatoms. The van der Waals surface area contributed by atoms with Crippen LogP contribution in [0.1, 0.15) is 54.9 Å². The van der Waals surface area contributed by atoms with Crippen molar-refractivity contribution in [1.82, 2.24) is 0 Å². The molecule has 0 aliphatic heterocycles. The number of Topliss-reactive ketones (excluding diaryl/α,β-unsaturated/α-hetero) is 1. The van der Waals surface area contributed by atoms with E-state index in [2.05, 4.69) is 6.92 Å². The van der Waals surface area contributed by atoms with Gasteiger partial charge in [0.15, 0.2) is 0 Å². The Labute approximate surface area is 121 Å². The van der Waals surface area contributed by atoms with Gasteiger partial charge in [-0.15, -0.1) is 0 Å². The number of ketones is 1. The summed E-state index contributed by atoms with van der Waals surface area (Å²) < 4.78 is 37.2. The molecule has 0 bridgehead atoms. The van der Waals surface area contributed by atoms with E-state index in [9.17, 15) is 28.2 Å². The molecular weight excluding hydrogens is 285 g/mol. The number of aromatic hydroxyl groups is 2. The van der Waals surface area contributed by atoms with Crippen LogP contribution in [0.3, 0.4) is 0 Å². The monoisotopic (exact) mass is 304 g/mol. The van der Waals surface area contributed by atoms with E-state index < -0.39 is 23.3 Å². The standard InChI is InChI=1S/C15H19F3O3/c1-2-3-4-5-6-7-10-8-11(13(20)9-12(10)19)14(21)15(16,17)18/h8-9,19-20H,2-7H2,1H3. The Bertz CT molecular complexity index is 496. The molecule has 1 aromatic rings. The SMILES string of the molecule is CCCCCCCc1cc(C(=O)C(F)(F)F)c(O)cc1O. The van der Waals surface area contributed by atoms with Gasteiger partial charge in [-0.1, -0.05) is 32.6 Å². The zero-order chi connectivity index (χ0) is 16.0. The maximum atomic E-state index is 12.4. The zero-order valence-corrected chi connectivity index (χ0v) is 11.8. The van der Waals surface area contributed by atoms with Crippen molar-refractivity contribution in [2.75, 3.05) is 0 Å². The number of phenols is 2. The van der Waals surface area contributed by atoms with Crippen LogP contribution in [0.25, 0.3) is 0 Å². The minimum atomic E-state index is -5.05. The summed E-state index contributed by atoms with van der Waals surface area (Å²) in [6.45, 7) is 2.07. The fourth-order valence-corrected chi connectivity index (χ4v) is 2.08. The van der Waals surface area contributed by atoms with Gasteiger partial charge in [-0.2, -0.15) is 13.2 Å². The molecule has 0 heterocycles. The molecule has 0 saturated carbocycles. The molecule has 0 saturated heterocycles. The predicted octanol–water partition coefficient (Wildman–Crippen LogP) is 4.36. The molecule has 0 fully saturated rings. The summed E-state index contributed by atoms with van der Waals surface area (Å²) >= 11 is 0. The van der Waals surface area contributed by atoms with Crippen LogP contribution in [-0.2, 0) is 6.42 Å². The highest BCUT2D eigenvalue weighted by Gasteiger charge is 2.40. The Balaban J connectivity index is 2.84. The van der Waals surface area contributed by atoms with E-state index in [1.54, 1.807) is 0 Å². The minimum Gasteiger partial charge on any atom is -0.508 e. The van der Waals surface area contributed by atoms with E-state index in [0.29, 0.717) is 12.8 Å². The summed E-state index contributed by atoms with van der Waals surface area (Å²) in [5.74, 6) is -3.25. The van der Waals surface area contributed by atoms with E-state index in [0.717, 1.165) is 37.8 Å². The van der Waals surface area contributed by atoms with Gasteiger partial charge in [-0.3, -0.25) is 4.79 Å². The summed E-state index contributed by atoms with van der Waals surface area (Å²) in [4.78, 5) is 11.2. The summed E-state index contributed by atoms with van der Waals surface area (Å²) in [6.07, 6.45) is 0.104. The van der Waals surface area contributed by atoms with Crippen molar-refractivity contribution in [2.45, 2.75) is 51.6 Å². The van der Waals surface area contributed by atoms with Crippen molar-refractivity contribution >= 4 is 5.78 Å². The summed E-state index contributed by atoms with van der Waals surface area (Å²) in [5, 5.41) is 19.1. The Kier molecular flexibility index (Phi) is 6.05. The Morgan fingerprint density at radius 1 is 1.05 bits per heavy atom. The van der Waals surface area contributed by atoms with Crippen LogP contribution in [0.4, 0.5) is 13.2 Å². The van der Waals surface area contributed by atoms with Crippen LogP contribution in [-0.4, -0.2) is 22.2 Å². The van der Waals surface area contributed by atoms with Gasteiger partial charge in [0.1, 0.15) is 11.5 Å². The molecule has 0 amide bonds. The number of hydrogen-bond acceptors (Lipinski definition) is 3. The lowest BCUT2D eigenvalue weighted by molar-refractivity contribution is -0.0886. The highest BCUT2D eigenvalue weighted by molar-refractivity contribution is 6.02. The quantitative estimate of drug-likeness (QED) is 0.581. The first-order valence-corrected chi connectivity index (χ1v) is 6.93. The third-order valence-corrected chi connectivity index (χ3v) is 3.25. The summed E-state index contributed by atoms with van der Waals surface area (Å²) in [6, 6.07) is 1.72. The average Bonchev–Trinajstić information content (AvgIpc) is 2.39. The van der Waals surface area contributed by atoms with Crippen molar-refractivity contribution in [1.29, 1.82) is 0 Å². The highest BCUT2D eigenvalue weighted by Crippen LogP contribution is 2.33. The van der Waals surface area contributed by atoms with Gasteiger partial charge >= 0.3 is 6.18 Å². The Hall–Kier alpha value is -1.72. The normalized spacial score (nSPS) is 11.6. The topological polar surface area (TPSA) is 57.5 Å². The van der Waals surface area contributed by atoms with Crippen LogP contribution >= 0.6 is 0 Å². The van der Waals surface area contributed by atoms with Gasteiger partial charge in [0.2, 0.25) is 0 Å². The third kappa shape index (κ3) is 4.95. The van der Waals surface area contributed by atoms with Crippen molar-refractivity contribution in [3.05, 3.63) is 23.3 Å². The first-order valence-electron chi connectivity index (χ1n) is 6.93. The first-order chi connectivity index (χ1) is 9.77. The van der Waals surface area contributed by atoms with Crippen LogP contribution in [0.15, 0.2) is 12.1 Å². The lowest BCUT2D eigenvalue weighted by Gasteiger charge is -2.11. The molecule has 0 spiro atoms. The number of rotatable bonds is 7. The van der Waals surface area contributed by atoms with Crippen LogP contribution in [0.2, 0.25) is 0 Å². The second kappa shape index (κ2) is 7.33. The second-order valence-corrected chi connectivity index (χ2v) is 4.99. The molecule has 0 aliphatic rings. The van der Waals surface area contributed by atoms with Crippen molar-refractivity contribution in [2.24, 2.45) is 0 Å². The number of benzene rings is 1. The summed E-state index contributed by atoms with van der Waals surface area (Å²) in [7, 11) is 0. The van der Waals surface area contributed by atoms with Crippen LogP contribution in [0.5, 0.6) is 11.5 Å². The van der Waals surface area contributed by atoms with Gasteiger partial charge in [0.25, 0.3) is 5.78 Å². The third-order valence-electron chi connectivity index (χ3n) is 3.25. The molecular formula is C15H19F3O3. The van der Waals surface area contributed by atoms with Crippen LogP contribution in [0, 0.1) is 0 Å². The van der Waals surface area contributed by atoms with Crippen molar-refractivity contribution < 1.29 is 28.2 Å². The molecule has 0 radical (unpaired) electrons. The minimum absolute atomic E-state index is 0.247. The maximum Gasteiger partial charge on any atom is 0.455 e. The molecule has 0 unspecified atom stereocenters.